The van der Waals surface area contributed by atoms with E-state index in [9.17, 15) is 0 Å². The van der Waals surface area contributed by atoms with Gasteiger partial charge in [0.15, 0.2) is 5.65 Å². The molecule has 4 heterocycles. The molecule has 0 aliphatic carbocycles. The molecule has 2 unspecified atom stereocenters. The summed E-state index contributed by atoms with van der Waals surface area (Å²) in [6.45, 7) is 2.62. The van der Waals surface area contributed by atoms with Gasteiger partial charge >= 0.3 is 0 Å². The van der Waals surface area contributed by atoms with Gasteiger partial charge in [0.05, 0.1) is 24.8 Å². The zero-order valence-corrected chi connectivity index (χ0v) is 18.5. The number of piperidine rings is 1. The standard InChI is InChI=1S/C24H25FN8O/c25-19-12-31(32-14-27-15-32)11-10-20(19)33-24-21(23(26)28-13-29-24)22(30-33)16-6-8-18(9-7-16)34-17-4-2-1-3-5-17/h1-9,13,19-20,27H,10-12,14-15H2,(H2,26,28,29). The second-order valence-electron chi connectivity index (χ2n) is 8.55. The van der Waals surface area contributed by atoms with Crippen molar-refractivity contribution in [2.75, 3.05) is 32.2 Å². The van der Waals surface area contributed by atoms with Crippen molar-refractivity contribution in [3.63, 3.8) is 0 Å². The lowest BCUT2D eigenvalue weighted by atomic mass is 10.0. The predicted molar refractivity (Wildman–Crippen MR) is 127 cm³/mol. The Morgan fingerprint density at radius 1 is 0.971 bits per heavy atom. The van der Waals surface area contributed by atoms with Crippen LogP contribution in [0.15, 0.2) is 60.9 Å². The van der Waals surface area contributed by atoms with E-state index in [1.165, 1.54) is 6.33 Å². The van der Waals surface area contributed by atoms with Gasteiger partial charge in [-0.2, -0.15) is 5.10 Å². The number of benzene rings is 2. The third-order valence-corrected chi connectivity index (χ3v) is 6.41. The lowest BCUT2D eigenvalue weighted by Gasteiger charge is -2.45. The molecule has 10 heteroatoms. The molecule has 2 aromatic heterocycles. The van der Waals surface area contributed by atoms with Crippen LogP contribution in [0.5, 0.6) is 11.5 Å². The van der Waals surface area contributed by atoms with Crippen molar-refractivity contribution >= 4 is 16.9 Å². The molecular formula is C24H25FN8O. The molecule has 6 rings (SSSR count). The number of hydrogen-bond acceptors (Lipinski definition) is 8. The van der Waals surface area contributed by atoms with E-state index in [2.05, 4.69) is 25.3 Å². The first kappa shape index (κ1) is 21.0. The van der Waals surface area contributed by atoms with Gasteiger partial charge < -0.3 is 10.5 Å². The lowest BCUT2D eigenvalue weighted by molar-refractivity contribution is -0.124. The number of nitrogens with two attached hydrogens (primary N) is 1. The molecule has 0 amide bonds. The third-order valence-electron chi connectivity index (χ3n) is 6.41. The summed E-state index contributed by atoms with van der Waals surface area (Å²) in [5, 5.41) is 12.8. The molecular weight excluding hydrogens is 435 g/mol. The van der Waals surface area contributed by atoms with E-state index < -0.39 is 12.2 Å². The number of nitrogen functional groups attached to an aromatic ring is 1. The minimum Gasteiger partial charge on any atom is -0.457 e. The quantitative estimate of drug-likeness (QED) is 0.469. The van der Waals surface area contributed by atoms with Crippen LogP contribution in [0.2, 0.25) is 0 Å². The number of hydrogen-bond donors (Lipinski definition) is 2. The van der Waals surface area contributed by atoms with Crippen LogP contribution in [0, 0.1) is 0 Å². The van der Waals surface area contributed by atoms with Gasteiger partial charge in [-0.15, -0.1) is 0 Å². The summed E-state index contributed by atoms with van der Waals surface area (Å²) in [7, 11) is 0. The van der Waals surface area contributed by atoms with E-state index in [0.717, 1.165) is 31.2 Å². The first-order valence-corrected chi connectivity index (χ1v) is 11.3. The normalized spacial score (nSPS) is 21.4. The summed E-state index contributed by atoms with van der Waals surface area (Å²) in [4.78, 5) is 8.61. The fourth-order valence-electron chi connectivity index (χ4n) is 4.55. The number of nitrogens with zero attached hydrogens (tertiary/aromatic N) is 6. The maximum Gasteiger partial charge on any atom is 0.164 e. The SMILES string of the molecule is Nc1ncnc2c1c(-c1ccc(Oc3ccccc3)cc1)nn2C1CCN(N2CNC2)CC1F. The number of nitrogens with one attached hydrogen (secondary N) is 1. The molecule has 2 atom stereocenters. The Morgan fingerprint density at radius 3 is 2.44 bits per heavy atom. The fourth-order valence-corrected chi connectivity index (χ4v) is 4.55. The number of para-hydroxylation sites is 1. The largest absolute Gasteiger partial charge is 0.457 e. The number of rotatable bonds is 5. The molecule has 9 nitrogen and oxygen atoms in total. The highest BCUT2D eigenvalue weighted by Gasteiger charge is 2.36. The minimum absolute atomic E-state index is 0.328. The van der Waals surface area contributed by atoms with E-state index in [4.69, 9.17) is 15.6 Å². The highest BCUT2D eigenvalue weighted by atomic mass is 19.1. The Morgan fingerprint density at radius 2 is 1.74 bits per heavy atom. The Bertz CT molecular complexity index is 1290. The van der Waals surface area contributed by atoms with Gasteiger partial charge in [0.25, 0.3) is 0 Å². The van der Waals surface area contributed by atoms with Crippen LogP contribution in [0.4, 0.5) is 10.2 Å². The summed E-state index contributed by atoms with van der Waals surface area (Å²) in [6.07, 6.45) is 0.953. The summed E-state index contributed by atoms with van der Waals surface area (Å²) in [6, 6.07) is 16.8. The van der Waals surface area contributed by atoms with E-state index in [-0.39, 0.29) is 0 Å². The second kappa shape index (κ2) is 8.64. The summed E-state index contributed by atoms with van der Waals surface area (Å²) < 4.78 is 23.0. The number of fused-ring (bicyclic) bond motifs is 1. The molecule has 34 heavy (non-hydrogen) atoms. The molecule has 0 spiro atoms. The van der Waals surface area contributed by atoms with Crippen molar-refractivity contribution in [2.24, 2.45) is 0 Å². The maximum absolute atomic E-state index is 15.4. The Labute approximate surface area is 195 Å². The topological polar surface area (TPSA) is 97.4 Å². The number of hydrazine groups is 1. The summed E-state index contributed by atoms with van der Waals surface area (Å²) >= 11 is 0. The Hall–Kier alpha value is -3.60. The van der Waals surface area contributed by atoms with Crippen LogP contribution in [-0.4, -0.2) is 62.4 Å². The smallest absolute Gasteiger partial charge is 0.164 e. The minimum atomic E-state index is -1.08. The van der Waals surface area contributed by atoms with Crippen molar-refractivity contribution < 1.29 is 9.13 Å². The zero-order valence-electron chi connectivity index (χ0n) is 18.5. The van der Waals surface area contributed by atoms with Crippen LogP contribution in [0.3, 0.4) is 0 Å². The van der Waals surface area contributed by atoms with Crippen LogP contribution in [0.1, 0.15) is 12.5 Å². The number of halogens is 1. The molecule has 2 aromatic carbocycles. The molecule has 3 N–H and O–H groups in total. The van der Waals surface area contributed by atoms with E-state index in [0.29, 0.717) is 41.3 Å². The first-order chi connectivity index (χ1) is 16.7. The average molecular weight is 461 g/mol. The molecule has 174 valence electrons. The van der Waals surface area contributed by atoms with Crippen molar-refractivity contribution in [2.45, 2.75) is 18.6 Å². The lowest BCUT2D eigenvalue weighted by Crippen LogP contribution is -2.63. The first-order valence-electron chi connectivity index (χ1n) is 11.3. The van der Waals surface area contributed by atoms with E-state index in [1.54, 1.807) is 4.68 Å². The molecule has 2 saturated heterocycles. The van der Waals surface area contributed by atoms with Crippen LogP contribution >= 0.6 is 0 Å². The monoisotopic (exact) mass is 460 g/mol. The van der Waals surface area contributed by atoms with Crippen molar-refractivity contribution in [1.29, 1.82) is 0 Å². The Balaban J connectivity index is 1.32. The molecule has 4 aromatic rings. The highest BCUT2D eigenvalue weighted by molar-refractivity contribution is 5.98. The van der Waals surface area contributed by atoms with Gasteiger partial charge in [0.1, 0.15) is 35.5 Å². The molecule has 2 fully saturated rings. The van der Waals surface area contributed by atoms with Crippen LogP contribution in [0.25, 0.3) is 22.3 Å². The van der Waals surface area contributed by atoms with E-state index in [1.807, 2.05) is 54.6 Å². The number of alkyl halides is 1. The molecule has 0 bridgehead atoms. The van der Waals surface area contributed by atoms with Gasteiger partial charge in [-0.25, -0.2) is 29.1 Å². The molecule has 2 aliphatic heterocycles. The zero-order chi connectivity index (χ0) is 23.1. The molecule has 2 aliphatic rings. The second-order valence-corrected chi connectivity index (χ2v) is 8.55. The Kier molecular flexibility index (Phi) is 5.33. The van der Waals surface area contributed by atoms with Gasteiger partial charge in [-0.1, -0.05) is 18.2 Å². The highest BCUT2D eigenvalue weighted by Crippen LogP contribution is 2.36. The number of anilines is 1. The molecule has 0 radical (unpaired) electrons. The fraction of sp³-hybridized carbons (Fsp3) is 0.292. The van der Waals surface area contributed by atoms with Gasteiger partial charge in [0.2, 0.25) is 0 Å². The van der Waals surface area contributed by atoms with Crippen molar-refractivity contribution in [1.82, 2.24) is 35.1 Å². The van der Waals surface area contributed by atoms with Crippen molar-refractivity contribution in [3.05, 3.63) is 60.9 Å². The number of aromatic nitrogens is 4. The van der Waals surface area contributed by atoms with Gasteiger partial charge in [-0.3, -0.25) is 5.32 Å². The van der Waals surface area contributed by atoms with E-state index >= 15 is 4.39 Å². The van der Waals surface area contributed by atoms with Crippen LogP contribution in [-0.2, 0) is 0 Å². The van der Waals surface area contributed by atoms with Gasteiger partial charge in [-0.05, 0) is 42.8 Å². The summed E-state index contributed by atoms with van der Waals surface area (Å²) in [5.74, 6) is 1.80. The van der Waals surface area contributed by atoms with Gasteiger partial charge in [0, 0.05) is 18.7 Å². The maximum atomic E-state index is 15.4. The van der Waals surface area contributed by atoms with Crippen molar-refractivity contribution in [3.8, 4) is 22.8 Å². The predicted octanol–water partition coefficient (Wildman–Crippen LogP) is 3.19. The number of ether oxygens (including phenoxy) is 1. The average Bonchev–Trinajstić information content (AvgIpc) is 3.20. The third kappa shape index (κ3) is 3.75. The molecule has 0 saturated carbocycles. The summed E-state index contributed by atoms with van der Waals surface area (Å²) in [5.41, 5.74) is 8.28. The van der Waals surface area contributed by atoms with Crippen LogP contribution < -0.4 is 15.8 Å².